The molecule has 5 heteroatoms. The molecule has 0 aliphatic heterocycles. The Morgan fingerprint density at radius 2 is 1.93 bits per heavy atom. The molecule has 1 rings (SSSR count). The molecule has 0 fully saturated rings. The molecule has 0 atom stereocenters. The highest BCUT2D eigenvalue weighted by Gasteiger charge is 2.19. The second kappa shape index (κ2) is 4.01. The van der Waals surface area contributed by atoms with Crippen molar-refractivity contribution in [1.29, 1.82) is 5.26 Å². The normalized spacial score (nSPS) is 11.4. The molecule has 0 bridgehead atoms. The zero-order valence-electron chi connectivity index (χ0n) is 8.85. The molecule has 0 unspecified atom stereocenters. The largest absolute Gasteiger partial charge is 0.242 e. The highest BCUT2D eigenvalue weighted by molar-refractivity contribution is 7.89. The molecule has 0 radical (unpaired) electrons. The number of aryl methyl sites for hydroxylation is 1. The molecule has 0 aliphatic carbocycles. The van der Waals surface area contributed by atoms with Crippen LogP contribution in [0.1, 0.15) is 11.1 Å². The van der Waals surface area contributed by atoms with E-state index in [1.807, 2.05) is 6.07 Å². The Labute approximate surface area is 89.8 Å². The van der Waals surface area contributed by atoms with Crippen molar-refractivity contribution < 1.29 is 8.42 Å². The lowest BCUT2D eigenvalue weighted by atomic mass is 10.2. The molecule has 0 heterocycles. The summed E-state index contributed by atoms with van der Waals surface area (Å²) in [6.07, 6.45) is 0. The van der Waals surface area contributed by atoms with E-state index in [1.54, 1.807) is 13.0 Å². The van der Waals surface area contributed by atoms with E-state index in [4.69, 9.17) is 5.26 Å². The highest BCUT2D eigenvalue weighted by atomic mass is 32.2. The second-order valence-corrected chi connectivity index (χ2v) is 5.50. The number of benzene rings is 1. The number of nitriles is 1. The van der Waals surface area contributed by atoms with Gasteiger partial charge in [0.05, 0.1) is 16.5 Å². The van der Waals surface area contributed by atoms with Gasteiger partial charge in [0.1, 0.15) is 0 Å². The van der Waals surface area contributed by atoms with Gasteiger partial charge in [0.2, 0.25) is 10.0 Å². The first-order chi connectivity index (χ1) is 6.89. The summed E-state index contributed by atoms with van der Waals surface area (Å²) in [6.45, 7) is 1.68. The quantitative estimate of drug-likeness (QED) is 0.756. The lowest BCUT2D eigenvalue weighted by molar-refractivity contribution is 0.520. The lowest BCUT2D eigenvalue weighted by Crippen LogP contribution is -2.23. The topological polar surface area (TPSA) is 61.2 Å². The molecule has 0 N–H and O–H groups in total. The molecule has 0 amide bonds. The fourth-order valence-electron chi connectivity index (χ4n) is 1.21. The van der Waals surface area contributed by atoms with E-state index in [0.717, 1.165) is 4.31 Å². The molecular weight excluding hydrogens is 212 g/mol. The minimum absolute atomic E-state index is 0.242. The van der Waals surface area contributed by atoms with Crippen LogP contribution < -0.4 is 0 Å². The van der Waals surface area contributed by atoms with Crippen LogP contribution in [0.4, 0.5) is 0 Å². The van der Waals surface area contributed by atoms with Gasteiger partial charge in [-0.05, 0) is 30.7 Å². The molecule has 0 saturated carbocycles. The third kappa shape index (κ3) is 2.17. The molecular formula is C10H12N2O2S. The highest BCUT2D eigenvalue weighted by Crippen LogP contribution is 2.18. The first kappa shape index (κ1) is 11.7. The SMILES string of the molecule is Cc1cc(C#N)ccc1S(=O)(=O)N(C)C. The Kier molecular flexibility index (Phi) is 3.12. The van der Waals surface area contributed by atoms with E-state index < -0.39 is 10.0 Å². The maximum absolute atomic E-state index is 11.8. The van der Waals surface area contributed by atoms with Crippen LogP contribution in [0.3, 0.4) is 0 Å². The Morgan fingerprint density at radius 1 is 1.33 bits per heavy atom. The predicted molar refractivity (Wildman–Crippen MR) is 56.8 cm³/mol. The molecule has 0 spiro atoms. The van der Waals surface area contributed by atoms with E-state index in [9.17, 15) is 8.42 Å². The van der Waals surface area contributed by atoms with Gasteiger partial charge in [-0.3, -0.25) is 0 Å². The molecule has 4 nitrogen and oxygen atoms in total. The van der Waals surface area contributed by atoms with Crippen LogP contribution in [0.25, 0.3) is 0 Å². The summed E-state index contributed by atoms with van der Waals surface area (Å²) < 4.78 is 24.7. The van der Waals surface area contributed by atoms with Crippen molar-refractivity contribution in [3.8, 4) is 6.07 Å². The maximum atomic E-state index is 11.8. The number of hydrogen-bond acceptors (Lipinski definition) is 3. The minimum Gasteiger partial charge on any atom is -0.207 e. The Bertz CT molecular complexity index is 513. The monoisotopic (exact) mass is 224 g/mol. The van der Waals surface area contributed by atoms with Gasteiger partial charge in [-0.2, -0.15) is 5.26 Å². The molecule has 15 heavy (non-hydrogen) atoms. The Balaban J connectivity index is 3.37. The summed E-state index contributed by atoms with van der Waals surface area (Å²) in [7, 11) is -0.450. The standard InChI is InChI=1S/C10H12N2O2S/c1-8-6-9(7-11)4-5-10(8)15(13,14)12(2)3/h4-6H,1-3H3. The van der Waals surface area contributed by atoms with Crippen molar-refractivity contribution in [3.63, 3.8) is 0 Å². The molecule has 0 aromatic heterocycles. The summed E-state index contributed by atoms with van der Waals surface area (Å²) in [6, 6.07) is 6.50. The van der Waals surface area contributed by atoms with Gasteiger partial charge in [0, 0.05) is 14.1 Å². The average Bonchev–Trinajstić information content (AvgIpc) is 2.16. The summed E-state index contributed by atoms with van der Waals surface area (Å²) in [5.41, 5.74) is 1.05. The van der Waals surface area contributed by atoms with Crippen molar-refractivity contribution in [2.45, 2.75) is 11.8 Å². The van der Waals surface area contributed by atoms with Crippen molar-refractivity contribution in [3.05, 3.63) is 29.3 Å². The summed E-state index contributed by atoms with van der Waals surface area (Å²) in [4.78, 5) is 0.242. The summed E-state index contributed by atoms with van der Waals surface area (Å²) >= 11 is 0. The molecule has 80 valence electrons. The third-order valence-corrected chi connectivity index (χ3v) is 4.04. The van der Waals surface area contributed by atoms with Gasteiger partial charge in [-0.1, -0.05) is 0 Å². The van der Waals surface area contributed by atoms with E-state index in [0.29, 0.717) is 11.1 Å². The number of nitrogens with zero attached hydrogens (tertiary/aromatic N) is 2. The Hall–Kier alpha value is -1.38. The molecule has 0 saturated heterocycles. The fourth-order valence-corrected chi connectivity index (χ4v) is 2.30. The van der Waals surface area contributed by atoms with Crippen LogP contribution in [0.15, 0.2) is 23.1 Å². The van der Waals surface area contributed by atoms with E-state index in [-0.39, 0.29) is 4.90 Å². The zero-order valence-corrected chi connectivity index (χ0v) is 9.67. The van der Waals surface area contributed by atoms with Crippen LogP contribution in [0.5, 0.6) is 0 Å². The zero-order chi connectivity index (χ0) is 11.6. The van der Waals surface area contributed by atoms with Crippen LogP contribution in [0, 0.1) is 18.3 Å². The second-order valence-electron chi connectivity index (χ2n) is 3.38. The minimum atomic E-state index is -3.41. The number of sulfonamides is 1. The summed E-state index contributed by atoms with van der Waals surface area (Å²) in [5, 5.41) is 8.66. The van der Waals surface area contributed by atoms with Gasteiger partial charge in [-0.15, -0.1) is 0 Å². The van der Waals surface area contributed by atoms with Crippen molar-refractivity contribution in [1.82, 2.24) is 4.31 Å². The molecule has 1 aromatic rings. The maximum Gasteiger partial charge on any atom is 0.242 e. The van der Waals surface area contributed by atoms with Gasteiger partial charge in [0.25, 0.3) is 0 Å². The smallest absolute Gasteiger partial charge is 0.207 e. The lowest BCUT2D eigenvalue weighted by Gasteiger charge is -2.13. The fraction of sp³-hybridized carbons (Fsp3) is 0.300. The predicted octanol–water partition coefficient (Wildman–Crippen LogP) is 1.12. The first-order valence-electron chi connectivity index (χ1n) is 4.33. The van der Waals surface area contributed by atoms with E-state index >= 15 is 0 Å². The molecule has 0 aliphatic rings. The van der Waals surface area contributed by atoms with E-state index in [2.05, 4.69) is 0 Å². The summed E-state index contributed by atoms with van der Waals surface area (Å²) in [5.74, 6) is 0. The molecule has 1 aromatic carbocycles. The first-order valence-corrected chi connectivity index (χ1v) is 5.77. The van der Waals surface area contributed by atoms with Crippen LogP contribution >= 0.6 is 0 Å². The van der Waals surface area contributed by atoms with Crippen LogP contribution in [-0.2, 0) is 10.0 Å². The van der Waals surface area contributed by atoms with Gasteiger partial charge in [-0.25, -0.2) is 12.7 Å². The van der Waals surface area contributed by atoms with Gasteiger partial charge >= 0.3 is 0 Å². The van der Waals surface area contributed by atoms with Crippen molar-refractivity contribution in [2.75, 3.05) is 14.1 Å². The van der Waals surface area contributed by atoms with Crippen LogP contribution in [-0.4, -0.2) is 26.8 Å². The number of rotatable bonds is 2. The average molecular weight is 224 g/mol. The van der Waals surface area contributed by atoms with Gasteiger partial charge < -0.3 is 0 Å². The van der Waals surface area contributed by atoms with Crippen molar-refractivity contribution >= 4 is 10.0 Å². The van der Waals surface area contributed by atoms with E-state index in [1.165, 1.54) is 26.2 Å². The van der Waals surface area contributed by atoms with Crippen LogP contribution in [0.2, 0.25) is 0 Å². The Morgan fingerprint density at radius 3 is 2.33 bits per heavy atom. The van der Waals surface area contributed by atoms with Crippen molar-refractivity contribution in [2.24, 2.45) is 0 Å². The third-order valence-electron chi connectivity index (χ3n) is 2.06. The van der Waals surface area contributed by atoms with Gasteiger partial charge in [0.15, 0.2) is 0 Å². The number of hydrogen-bond donors (Lipinski definition) is 0.